The van der Waals surface area contributed by atoms with E-state index in [9.17, 15) is 13.6 Å². The molecule has 0 aliphatic carbocycles. The molecule has 0 saturated carbocycles. The number of halogens is 2. The van der Waals surface area contributed by atoms with E-state index < -0.39 is 23.7 Å². The zero-order valence-electron chi connectivity index (χ0n) is 13.1. The van der Waals surface area contributed by atoms with Crippen LogP contribution in [0.15, 0.2) is 36.9 Å². The van der Waals surface area contributed by atoms with Crippen LogP contribution in [0, 0.1) is 11.6 Å². The number of carbonyl (C=O) groups is 1. The predicted octanol–water partition coefficient (Wildman–Crippen LogP) is 3.00. The number of nitrogens with one attached hydrogen (secondary N) is 2. The Morgan fingerprint density at radius 2 is 2.13 bits per heavy atom. The lowest BCUT2D eigenvalue weighted by Crippen LogP contribution is -2.43. The number of rotatable bonds is 6. The van der Waals surface area contributed by atoms with Crippen LogP contribution in [0.25, 0.3) is 0 Å². The largest absolute Gasteiger partial charge is 0.335 e. The molecule has 1 aromatic heterocycles. The summed E-state index contributed by atoms with van der Waals surface area (Å²) in [5, 5.41) is 5.45. The number of nitrogens with zero attached hydrogens (tertiary/aromatic N) is 2. The average molecular weight is 322 g/mol. The molecular formula is C16H20F2N4O. The number of amides is 2. The van der Waals surface area contributed by atoms with E-state index >= 15 is 0 Å². The normalized spacial score (nSPS) is 13.4. The van der Waals surface area contributed by atoms with Crippen LogP contribution in [0.5, 0.6) is 0 Å². The van der Waals surface area contributed by atoms with E-state index in [0.717, 1.165) is 18.2 Å². The molecule has 2 rings (SSSR count). The summed E-state index contributed by atoms with van der Waals surface area (Å²) >= 11 is 0. The quantitative estimate of drug-likeness (QED) is 0.859. The molecule has 0 fully saturated rings. The van der Waals surface area contributed by atoms with Crippen molar-refractivity contribution in [3.63, 3.8) is 0 Å². The highest BCUT2D eigenvalue weighted by Crippen LogP contribution is 2.21. The maximum Gasteiger partial charge on any atom is 0.315 e. The number of hydrogen-bond donors (Lipinski definition) is 2. The number of hydrogen-bond acceptors (Lipinski definition) is 2. The molecule has 2 atom stereocenters. The van der Waals surface area contributed by atoms with Crippen molar-refractivity contribution in [1.82, 2.24) is 20.2 Å². The highest BCUT2D eigenvalue weighted by molar-refractivity contribution is 5.74. The second kappa shape index (κ2) is 7.71. The van der Waals surface area contributed by atoms with Gasteiger partial charge in [-0.15, -0.1) is 0 Å². The van der Waals surface area contributed by atoms with E-state index in [4.69, 9.17) is 0 Å². The zero-order chi connectivity index (χ0) is 16.8. The van der Waals surface area contributed by atoms with Gasteiger partial charge in [-0.25, -0.2) is 18.6 Å². The predicted molar refractivity (Wildman–Crippen MR) is 82.7 cm³/mol. The molecule has 5 nitrogen and oxygen atoms in total. The standard InChI is InChI=1S/C16H20F2N4O/c1-3-15(13-8-12(17)4-5-14(13)18)21-16(23)20-11(2)9-22-7-6-19-10-22/h4-8,10-11,15H,3,9H2,1-2H3,(H2,20,21,23)/t11-,15+/m1/s1. The Bertz CT molecular complexity index is 646. The molecule has 1 aromatic carbocycles. The van der Waals surface area contributed by atoms with Gasteiger partial charge in [-0.1, -0.05) is 6.92 Å². The van der Waals surface area contributed by atoms with Crippen molar-refractivity contribution in [2.75, 3.05) is 0 Å². The third-order valence-electron chi connectivity index (χ3n) is 3.47. The molecule has 0 aliphatic heterocycles. The van der Waals surface area contributed by atoms with Crippen LogP contribution in [0.1, 0.15) is 31.9 Å². The third kappa shape index (κ3) is 4.77. The Kier molecular flexibility index (Phi) is 5.67. The summed E-state index contributed by atoms with van der Waals surface area (Å²) in [6.07, 6.45) is 5.57. The summed E-state index contributed by atoms with van der Waals surface area (Å²) < 4.78 is 29.0. The van der Waals surface area contributed by atoms with Gasteiger partial charge in [-0.3, -0.25) is 0 Å². The van der Waals surface area contributed by atoms with E-state index in [1.807, 2.05) is 11.5 Å². The molecule has 124 valence electrons. The third-order valence-corrected chi connectivity index (χ3v) is 3.47. The summed E-state index contributed by atoms with van der Waals surface area (Å²) in [6.45, 7) is 4.21. The maximum atomic E-state index is 13.8. The maximum absolute atomic E-state index is 13.8. The van der Waals surface area contributed by atoms with Crippen LogP contribution in [-0.4, -0.2) is 21.6 Å². The van der Waals surface area contributed by atoms with E-state index in [0.29, 0.717) is 13.0 Å². The van der Waals surface area contributed by atoms with Gasteiger partial charge in [-0.05, 0) is 31.5 Å². The van der Waals surface area contributed by atoms with Crippen LogP contribution in [0.2, 0.25) is 0 Å². The molecule has 0 aliphatic rings. The van der Waals surface area contributed by atoms with Crippen LogP contribution >= 0.6 is 0 Å². The Labute approximate surface area is 133 Å². The van der Waals surface area contributed by atoms with E-state index in [2.05, 4.69) is 15.6 Å². The van der Waals surface area contributed by atoms with Crippen molar-refractivity contribution in [2.24, 2.45) is 0 Å². The van der Waals surface area contributed by atoms with Crippen molar-refractivity contribution in [2.45, 2.75) is 38.9 Å². The van der Waals surface area contributed by atoms with Crippen molar-refractivity contribution in [3.05, 3.63) is 54.1 Å². The Morgan fingerprint density at radius 3 is 2.78 bits per heavy atom. The lowest BCUT2D eigenvalue weighted by atomic mass is 10.0. The fraction of sp³-hybridized carbons (Fsp3) is 0.375. The van der Waals surface area contributed by atoms with Crippen LogP contribution in [-0.2, 0) is 6.54 Å². The Hall–Kier alpha value is -2.44. The summed E-state index contributed by atoms with van der Waals surface area (Å²) in [6, 6.07) is 2.07. The Balaban J connectivity index is 1.95. The fourth-order valence-corrected chi connectivity index (χ4v) is 2.36. The van der Waals surface area contributed by atoms with Gasteiger partial charge in [0, 0.05) is 30.5 Å². The van der Waals surface area contributed by atoms with Crippen LogP contribution in [0.4, 0.5) is 13.6 Å². The smallest absolute Gasteiger partial charge is 0.315 e. The molecule has 0 unspecified atom stereocenters. The first-order valence-corrected chi connectivity index (χ1v) is 7.47. The zero-order valence-corrected chi connectivity index (χ0v) is 13.1. The van der Waals surface area contributed by atoms with Crippen LogP contribution in [0.3, 0.4) is 0 Å². The van der Waals surface area contributed by atoms with Gasteiger partial charge < -0.3 is 15.2 Å². The summed E-state index contributed by atoms with van der Waals surface area (Å²) in [5.74, 6) is -1.07. The first kappa shape index (κ1) is 16.9. The van der Waals surface area contributed by atoms with Gasteiger partial charge in [0.15, 0.2) is 0 Å². The minimum atomic E-state index is -0.592. The molecular weight excluding hydrogens is 302 g/mol. The monoisotopic (exact) mass is 322 g/mol. The molecule has 7 heteroatoms. The van der Waals surface area contributed by atoms with Gasteiger partial charge in [0.2, 0.25) is 0 Å². The number of aromatic nitrogens is 2. The second-order valence-electron chi connectivity index (χ2n) is 5.40. The molecule has 2 aromatic rings. The molecule has 1 heterocycles. The topological polar surface area (TPSA) is 59.0 Å². The highest BCUT2D eigenvalue weighted by atomic mass is 19.1. The minimum Gasteiger partial charge on any atom is -0.335 e. The Morgan fingerprint density at radius 1 is 1.35 bits per heavy atom. The molecule has 0 bridgehead atoms. The summed E-state index contributed by atoms with van der Waals surface area (Å²) in [5.41, 5.74) is 0.143. The molecule has 23 heavy (non-hydrogen) atoms. The second-order valence-corrected chi connectivity index (χ2v) is 5.40. The van der Waals surface area contributed by atoms with Gasteiger partial charge >= 0.3 is 6.03 Å². The molecule has 2 amide bonds. The molecule has 0 saturated heterocycles. The minimum absolute atomic E-state index is 0.140. The summed E-state index contributed by atoms with van der Waals surface area (Å²) in [7, 11) is 0. The van der Waals surface area contributed by atoms with E-state index in [1.165, 1.54) is 0 Å². The lowest BCUT2D eigenvalue weighted by molar-refractivity contribution is 0.232. The van der Waals surface area contributed by atoms with Crippen molar-refractivity contribution in [3.8, 4) is 0 Å². The van der Waals surface area contributed by atoms with Crippen molar-refractivity contribution in [1.29, 1.82) is 0 Å². The SMILES string of the molecule is CC[C@H](NC(=O)N[C@H](C)Cn1ccnc1)c1cc(F)ccc1F. The first-order chi connectivity index (χ1) is 11.0. The van der Waals surface area contributed by atoms with Crippen LogP contribution < -0.4 is 10.6 Å². The molecule has 0 radical (unpaired) electrons. The fourth-order valence-electron chi connectivity index (χ4n) is 2.36. The van der Waals surface area contributed by atoms with Gasteiger partial charge in [0.1, 0.15) is 11.6 Å². The van der Waals surface area contributed by atoms with E-state index in [-0.39, 0.29) is 11.6 Å². The van der Waals surface area contributed by atoms with Crippen molar-refractivity contribution >= 4 is 6.03 Å². The number of carbonyl (C=O) groups excluding carboxylic acids is 1. The van der Waals surface area contributed by atoms with Gasteiger partial charge in [0.25, 0.3) is 0 Å². The van der Waals surface area contributed by atoms with E-state index in [1.54, 1.807) is 25.6 Å². The molecule has 0 spiro atoms. The summed E-state index contributed by atoms with van der Waals surface area (Å²) in [4.78, 5) is 16.0. The lowest BCUT2D eigenvalue weighted by Gasteiger charge is -2.21. The molecule has 2 N–H and O–H groups in total. The first-order valence-electron chi connectivity index (χ1n) is 7.47. The number of benzene rings is 1. The number of imidazole rings is 1. The number of urea groups is 1. The van der Waals surface area contributed by atoms with Gasteiger partial charge in [-0.2, -0.15) is 0 Å². The van der Waals surface area contributed by atoms with Gasteiger partial charge in [0.05, 0.1) is 12.4 Å². The highest BCUT2D eigenvalue weighted by Gasteiger charge is 2.18. The average Bonchev–Trinajstić information content (AvgIpc) is 3.00. The van der Waals surface area contributed by atoms with Crippen molar-refractivity contribution < 1.29 is 13.6 Å².